The summed E-state index contributed by atoms with van der Waals surface area (Å²) >= 11 is 18.1. The van der Waals surface area contributed by atoms with Gasteiger partial charge < -0.3 is 4.74 Å². The van der Waals surface area contributed by atoms with Crippen LogP contribution in [0.5, 0.6) is 5.88 Å². The second-order valence-corrected chi connectivity index (χ2v) is 4.83. The van der Waals surface area contributed by atoms with Gasteiger partial charge in [0.2, 0.25) is 5.88 Å². The zero-order chi connectivity index (χ0) is 14.0. The Balaban J connectivity index is 2.70. The fourth-order valence-corrected chi connectivity index (χ4v) is 2.26. The second-order valence-electron chi connectivity index (χ2n) is 3.67. The average molecular weight is 317 g/mol. The van der Waals surface area contributed by atoms with Gasteiger partial charge in [-0.15, -0.1) is 0 Å². The molecule has 0 aliphatic heterocycles. The summed E-state index contributed by atoms with van der Waals surface area (Å²) in [5, 5.41) is 0.894. The lowest BCUT2D eigenvalue weighted by molar-refractivity contribution is 0.112. The molecule has 1 aromatic heterocycles. The van der Waals surface area contributed by atoms with Crippen LogP contribution in [-0.4, -0.2) is 18.4 Å². The molecule has 0 fully saturated rings. The summed E-state index contributed by atoms with van der Waals surface area (Å²) in [6.07, 6.45) is 2.11. The van der Waals surface area contributed by atoms with Crippen LogP contribution in [0, 0.1) is 0 Å². The Morgan fingerprint density at radius 1 is 1.16 bits per heavy atom. The highest BCUT2D eigenvalue weighted by molar-refractivity contribution is 6.49. The van der Waals surface area contributed by atoms with E-state index in [1.807, 2.05) is 0 Å². The number of rotatable bonds is 3. The van der Waals surface area contributed by atoms with Crippen LogP contribution in [0.2, 0.25) is 15.1 Å². The number of pyridine rings is 1. The van der Waals surface area contributed by atoms with Crippen molar-refractivity contribution in [3.05, 3.63) is 45.0 Å². The van der Waals surface area contributed by atoms with Gasteiger partial charge >= 0.3 is 0 Å². The molecule has 0 unspecified atom stereocenters. The molecule has 0 atom stereocenters. The van der Waals surface area contributed by atoms with Crippen molar-refractivity contribution in [3.63, 3.8) is 0 Å². The Morgan fingerprint density at radius 3 is 2.53 bits per heavy atom. The summed E-state index contributed by atoms with van der Waals surface area (Å²) < 4.78 is 5.16. The number of hydrogen-bond donors (Lipinski definition) is 0. The number of nitrogens with zero attached hydrogens (tertiary/aromatic N) is 1. The summed E-state index contributed by atoms with van der Waals surface area (Å²) in [4.78, 5) is 14.9. The number of hydrogen-bond acceptors (Lipinski definition) is 3. The Morgan fingerprint density at radius 2 is 1.89 bits per heavy atom. The van der Waals surface area contributed by atoms with Crippen LogP contribution in [0.15, 0.2) is 24.4 Å². The molecule has 2 aromatic rings. The fourth-order valence-electron chi connectivity index (χ4n) is 1.62. The molecule has 0 aliphatic carbocycles. The minimum Gasteiger partial charge on any atom is -0.481 e. The molecule has 0 saturated heterocycles. The minimum absolute atomic E-state index is 0.249. The van der Waals surface area contributed by atoms with Crippen molar-refractivity contribution < 1.29 is 9.53 Å². The molecule has 3 nitrogen and oxygen atoms in total. The number of aromatic nitrogens is 1. The summed E-state index contributed by atoms with van der Waals surface area (Å²) in [5.41, 5.74) is 1.60. The van der Waals surface area contributed by atoms with Crippen molar-refractivity contribution in [2.45, 2.75) is 0 Å². The third-order valence-electron chi connectivity index (χ3n) is 2.53. The van der Waals surface area contributed by atoms with E-state index < -0.39 is 0 Å². The maximum absolute atomic E-state index is 10.8. The molecule has 6 heteroatoms. The quantitative estimate of drug-likeness (QED) is 0.617. The molecule has 0 radical (unpaired) electrons. The molecule has 0 aliphatic rings. The number of methoxy groups -OCH3 is 1. The number of halogens is 3. The first-order valence-corrected chi connectivity index (χ1v) is 6.35. The smallest absolute Gasteiger partial charge is 0.221 e. The number of carbonyl (C=O) groups excluding carboxylic acids is 1. The summed E-state index contributed by atoms with van der Waals surface area (Å²) in [6.45, 7) is 0. The van der Waals surface area contributed by atoms with E-state index in [0.717, 1.165) is 0 Å². The average Bonchev–Trinajstić information content (AvgIpc) is 2.44. The number of benzene rings is 1. The van der Waals surface area contributed by atoms with Gasteiger partial charge in [-0.25, -0.2) is 4.98 Å². The molecule has 0 amide bonds. The van der Waals surface area contributed by atoms with Crippen molar-refractivity contribution >= 4 is 41.1 Å². The van der Waals surface area contributed by atoms with Crippen molar-refractivity contribution in [2.75, 3.05) is 7.11 Å². The molecule has 1 heterocycles. The van der Waals surface area contributed by atoms with Gasteiger partial charge in [0.25, 0.3) is 0 Å². The van der Waals surface area contributed by atoms with E-state index in [9.17, 15) is 4.79 Å². The van der Waals surface area contributed by atoms with E-state index in [0.29, 0.717) is 33.9 Å². The Labute approximate surface area is 125 Å². The Kier molecular flexibility index (Phi) is 4.30. The van der Waals surface area contributed by atoms with E-state index in [2.05, 4.69) is 4.98 Å². The standard InChI is InChI=1S/C13H8Cl3NO2/c1-19-13-9(4-7(6-18)5-17-13)8-2-3-10(14)12(16)11(8)15/h2-6H,1H3. The highest BCUT2D eigenvalue weighted by Crippen LogP contribution is 2.40. The van der Waals surface area contributed by atoms with Gasteiger partial charge in [0.1, 0.15) is 0 Å². The number of carbonyl (C=O) groups is 1. The van der Waals surface area contributed by atoms with Crippen molar-refractivity contribution in [3.8, 4) is 17.0 Å². The largest absolute Gasteiger partial charge is 0.481 e. The summed E-state index contributed by atoms with van der Waals surface area (Å²) in [5.74, 6) is 0.353. The normalized spacial score (nSPS) is 10.3. The molecule has 0 saturated carbocycles. The van der Waals surface area contributed by atoms with Gasteiger partial charge in [-0.2, -0.15) is 0 Å². The molecular formula is C13H8Cl3NO2. The predicted octanol–water partition coefficient (Wildman–Crippen LogP) is 4.53. The third-order valence-corrected chi connectivity index (χ3v) is 3.82. The molecule has 2 rings (SSSR count). The monoisotopic (exact) mass is 315 g/mol. The van der Waals surface area contributed by atoms with Crippen LogP contribution in [0.3, 0.4) is 0 Å². The van der Waals surface area contributed by atoms with Gasteiger partial charge in [-0.1, -0.05) is 40.9 Å². The lowest BCUT2D eigenvalue weighted by atomic mass is 10.1. The predicted molar refractivity (Wildman–Crippen MR) is 76.6 cm³/mol. The van der Waals surface area contributed by atoms with Crippen LogP contribution in [0.4, 0.5) is 0 Å². The molecule has 0 spiro atoms. The van der Waals surface area contributed by atoms with E-state index in [-0.39, 0.29) is 10.0 Å². The van der Waals surface area contributed by atoms with Gasteiger partial charge in [-0.3, -0.25) is 4.79 Å². The van der Waals surface area contributed by atoms with E-state index >= 15 is 0 Å². The van der Waals surface area contributed by atoms with E-state index in [1.165, 1.54) is 13.3 Å². The van der Waals surface area contributed by atoms with Crippen LogP contribution >= 0.6 is 34.8 Å². The van der Waals surface area contributed by atoms with Crippen LogP contribution < -0.4 is 4.74 Å². The first-order chi connectivity index (χ1) is 9.08. The zero-order valence-corrected chi connectivity index (χ0v) is 12.1. The molecule has 1 aromatic carbocycles. The fraction of sp³-hybridized carbons (Fsp3) is 0.0769. The maximum Gasteiger partial charge on any atom is 0.221 e. The van der Waals surface area contributed by atoms with Crippen LogP contribution in [0.1, 0.15) is 10.4 Å². The maximum atomic E-state index is 10.8. The van der Waals surface area contributed by atoms with Crippen LogP contribution in [-0.2, 0) is 0 Å². The molecule has 98 valence electrons. The van der Waals surface area contributed by atoms with Crippen molar-refractivity contribution in [1.29, 1.82) is 0 Å². The first-order valence-electron chi connectivity index (χ1n) is 5.21. The van der Waals surface area contributed by atoms with Gasteiger partial charge in [0.05, 0.1) is 22.2 Å². The molecule has 0 N–H and O–H groups in total. The van der Waals surface area contributed by atoms with Gasteiger partial charge in [0, 0.05) is 22.9 Å². The Hall–Kier alpha value is -1.29. The highest BCUT2D eigenvalue weighted by atomic mass is 35.5. The molecular weight excluding hydrogens is 309 g/mol. The second kappa shape index (κ2) is 5.78. The van der Waals surface area contributed by atoms with Crippen LogP contribution in [0.25, 0.3) is 11.1 Å². The topological polar surface area (TPSA) is 39.2 Å². The Bertz CT molecular complexity index is 644. The third kappa shape index (κ3) is 2.68. The lowest BCUT2D eigenvalue weighted by Crippen LogP contribution is -1.94. The van der Waals surface area contributed by atoms with E-state index in [4.69, 9.17) is 39.5 Å². The first kappa shape index (κ1) is 14.1. The zero-order valence-electron chi connectivity index (χ0n) is 9.78. The number of ether oxygens (including phenoxy) is 1. The van der Waals surface area contributed by atoms with Crippen molar-refractivity contribution in [1.82, 2.24) is 4.98 Å². The number of aldehydes is 1. The SMILES string of the molecule is COc1ncc(C=O)cc1-c1ccc(Cl)c(Cl)c1Cl. The lowest BCUT2D eigenvalue weighted by Gasteiger charge is -2.11. The van der Waals surface area contributed by atoms with Gasteiger partial charge in [-0.05, 0) is 12.1 Å². The minimum atomic E-state index is 0.249. The summed E-state index contributed by atoms with van der Waals surface area (Å²) in [6, 6.07) is 4.95. The molecule has 19 heavy (non-hydrogen) atoms. The van der Waals surface area contributed by atoms with Crippen molar-refractivity contribution in [2.24, 2.45) is 0 Å². The summed E-state index contributed by atoms with van der Waals surface area (Å²) in [7, 11) is 1.48. The highest BCUT2D eigenvalue weighted by Gasteiger charge is 2.15. The molecule has 0 bridgehead atoms. The van der Waals surface area contributed by atoms with E-state index in [1.54, 1.807) is 18.2 Å². The van der Waals surface area contributed by atoms with Gasteiger partial charge in [0.15, 0.2) is 6.29 Å².